The fraction of sp³-hybridized carbons (Fsp3) is 0.158. The van der Waals surface area contributed by atoms with Crippen LogP contribution in [0.2, 0.25) is 5.02 Å². The maximum atomic E-state index is 13.2. The first-order chi connectivity index (χ1) is 13.5. The summed E-state index contributed by atoms with van der Waals surface area (Å²) < 4.78 is 18.8. The number of ether oxygens (including phenoxy) is 1. The summed E-state index contributed by atoms with van der Waals surface area (Å²) in [5.74, 6) is -0.555. The molecule has 0 radical (unpaired) electrons. The van der Waals surface area contributed by atoms with Crippen LogP contribution in [0.5, 0.6) is 0 Å². The van der Waals surface area contributed by atoms with Crippen molar-refractivity contribution in [3.63, 3.8) is 0 Å². The predicted octanol–water partition coefficient (Wildman–Crippen LogP) is 4.80. The van der Waals surface area contributed by atoms with E-state index in [-0.39, 0.29) is 5.02 Å². The molecule has 0 saturated carbocycles. The summed E-state index contributed by atoms with van der Waals surface area (Å²) in [6.07, 6.45) is 0. The zero-order chi connectivity index (χ0) is 19.9. The van der Waals surface area contributed by atoms with E-state index >= 15 is 0 Å². The fourth-order valence-electron chi connectivity index (χ4n) is 2.31. The van der Waals surface area contributed by atoms with Gasteiger partial charge >= 0.3 is 6.03 Å². The standard InChI is InChI=1S/C19H18ClFN4O2S/c20-14-8-13(6-7-15(14)21)23-18(26)25-19-24-17(11-28-19)16(22)10-27-9-12-4-2-1-3-5-12/h1-8,11,16H,9-10,22H2,(H2,23,24,25,26). The molecule has 3 rings (SSSR count). The molecule has 1 unspecified atom stereocenters. The van der Waals surface area contributed by atoms with Crippen LogP contribution < -0.4 is 16.4 Å². The molecule has 0 aliphatic carbocycles. The molecule has 1 heterocycles. The third-order valence-corrected chi connectivity index (χ3v) is 4.77. The number of amides is 2. The number of hydrogen-bond acceptors (Lipinski definition) is 5. The molecule has 2 amide bonds. The van der Waals surface area contributed by atoms with E-state index < -0.39 is 17.9 Å². The van der Waals surface area contributed by atoms with Gasteiger partial charge in [0.05, 0.1) is 30.0 Å². The zero-order valence-electron chi connectivity index (χ0n) is 14.7. The molecule has 0 aliphatic heterocycles. The van der Waals surface area contributed by atoms with Crippen LogP contribution in [0.4, 0.5) is 20.0 Å². The summed E-state index contributed by atoms with van der Waals surface area (Å²) >= 11 is 6.94. The Morgan fingerprint density at radius 3 is 2.79 bits per heavy atom. The Morgan fingerprint density at radius 2 is 2.04 bits per heavy atom. The van der Waals surface area contributed by atoms with E-state index in [2.05, 4.69) is 15.6 Å². The molecule has 0 saturated heterocycles. The molecule has 1 atom stereocenters. The van der Waals surface area contributed by atoms with E-state index in [0.717, 1.165) is 5.56 Å². The molecule has 1 aromatic heterocycles. The minimum Gasteiger partial charge on any atom is -0.375 e. The van der Waals surface area contributed by atoms with Crippen molar-refractivity contribution in [2.45, 2.75) is 12.6 Å². The van der Waals surface area contributed by atoms with Gasteiger partial charge in [-0.15, -0.1) is 11.3 Å². The summed E-state index contributed by atoms with van der Waals surface area (Å²) in [6, 6.07) is 12.8. The topological polar surface area (TPSA) is 89.3 Å². The van der Waals surface area contributed by atoms with Gasteiger partial charge in [0.2, 0.25) is 0 Å². The molecular weight excluding hydrogens is 403 g/mol. The van der Waals surface area contributed by atoms with Crippen molar-refractivity contribution in [2.75, 3.05) is 17.2 Å². The quantitative estimate of drug-likeness (QED) is 0.512. The molecule has 0 bridgehead atoms. The van der Waals surface area contributed by atoms with E-state index in [1.165, 1.54) is 29.5 Å². The molecule has 2 aromatic carbocycles. The van der Waals surface area contributed by atoms with E-state index in [9.17, 15) is 9.18 Å². The monoisotopic (exact) mass is 420 g/mol. The first-order valence-electron chi connectivity index (χ1n) is 8.37. The van der Waals surface area contributed by atoms with Crippen molar-refractivity contribution in [2.24, 2.45) is 5.73 Å². The number of thiazole rings is 1. The number of nitrogens with two attached hydrogens (primary N) is 1. The molecule has 6 nitrogen and oxygen atoms in total. The lowest BCUT2D eigenvalue weighted by molar-refractivity contribution is 0.107. The SMILES string of the molecule is NC(COCc1ccccc1)c1csc(NC(=O)Nc2ccc(F)c(Cl)c2)n1. The number of carbonyl (C=O) groups is 1. The van der Waals surface area contributed by atoms with Gasteiger partial charge in [-0.2, -0.15) is 0 Å². The number of benzene rings is 2. The molecule has 3 aromatic rings. The van der Waals surface area contributed by atoms with Crippen LogP contribution in [0.15, 0.2) is 53.9 Å². The van der Waals surface area contributed by atoms with Crippen LogP contribution in [-0.4, -0.2) is 17.6 Å². The van der Waals surface area contributed by atoms with Gasteiger partial charge in [0.15, 0.2) is 5.13 Å². The average molecular weight is 421 g/mol. The lowest BCUT2D eigenvalue weighted by Gasteiger charge is -2.10. The molecule has 0 spiro atoms. The van der Waals surface area contributed by atoms with Crippen LogP contribution in [0.25, 0.3) is 0 Å². The lowest BCUT2D eigenvalue weighted by atomic mass is 10.2. The Bertz CT molecular complexity index is 939. The zero-order valence-corrected chi connectivity index (χ0v) is 16.3. The highest BCUT2D eigenvalue weighted by molar-refractivity contribution is 7.13. The van der Waals surface area contributed by atoms with Crippen LogP contribution >= 0.6 is 22.9 Å². The Balaban J connectivity index is 1.48. The minimum atomic E-state index is -0.555. The molecule has 28 heavy (non-hydrogen) atoms. The number of nitrogens with one attached hydrogen (secondary N) is 2. The first kappa shape index (κ1) is 20.2. The second-order valence-corrected chi connectivity index (χ2v) is 7.16. The van der Waals surface area contributed by atoms with Crippen molar-refractivity contribution >= 4 is 39.8 Å². The molecular formula is C19H18ClFN4O2S. The van der Waals surface area contributed by atoms with Crippen molar-refractivity contribution in [3.05, 3.63) is 76.0 Å². The molecule has 146 valence electrons. The number of nitrogens with zero attached hydrogens (tertiary/aromatic N) is 1. The van der Waals surface area contributed by atoms with Crippen molar-refractivity contribution in [3.8, 4) is 0 Å². The molecule has 9 heteroatoms. The third-order valence-electron chi connectivity index (χ3n) is 3.71. The Hall–Kier alpha value is -2.52. The lowest BCUT2D eigenvalue weighted by Crippen LogP contribution is -2.20. The van der Waals surface area contributed by atoms with Crippen LogP contribution in [-0.2, 0) is 11.3 Å². The van der Waals surface area contributed by atoms with Crippen LogP contribution in [0, 0.1) is 5.82 Å². The highest BCUT2D eigenvalue weighted by Gasteiger charge is 2.13. The minimum absolute atomic E-state index is 0.0733. The summed E-state index contributed by atoms with van der Waals surface area (Å²) in [7, 11) is 0. The maximum absolute atomic E-state index is 13.2. The van der Waals surface area contributed by atoms with Gasteiger partial charge < -0.3 is 15.8 Å². The molecule has 0 fully saturated rings. The van der Waals surface area contributed by atoms with Gasteiger partial charge in [0.25, 0.3) is 0 Å². The predicted molar refractivity (Wildman–Crippen MR) is 109 cm³/mol. The van der Waals surface area contributed by atoms with Gasteiger partial charge in [-0.05, 0) is 23.8 Å². The third kappa shape index (κ3) is 5.74. The van der Waals surface area contributed by atoms with Crippen LogP contribution in [0.1, 0.15) is 17.3 Å². The number of carbonyl (C=O) groups excluding carboxylic acids is 1. The summed E-state index contributed by atoms with van der Waals surface area (Å²) in [5.41, 5.74) is 8.15. The first-order valence-corrected chi connectivity index (χ1v) is 9.63. The summed E-state index contributed by atoms with van der Waals surface area (Å²) in [5, 5.41) is 7.24. The van der Waals surface area contributed by atoms with Gasteiger partial charge in [-0.25, -0.2) is 14.2 Å². The van der Waals surface area contributed by atoms with Crippen molar-refractivity contribution in [1.29, 1.82) is 0 Å². The number of rotatable bonds is 7. The Morgan fingerprint density at radius 1 is 1.25 bits per heavy atom. The summed E-state index contributed by atoms with van der Waals surface area (Å²) in [4.78, 5) is 16.3. The largest absolute Gasteiger partial charge is 0.375 e. The number of anilines is 2. The van der Waals surface area contributed by atoms with Crippen LogP contribution in [0.3, 0.4) is 0 Å². The number of urea groups is 1. The van der Waals surface area contributed by atoms with E-state index in [1.54, 1.807) is 5.38 Å². The van der Waals surface area contributed by atoms with E-state index in [1.807, 2.05) is 30.3 Å². The smallest absolute Gasteiger partial charge is 0.325 e. The second-order valence-electron chi connectivity index (χ2n) is 5.89. The maximum Gasteiger partial charge on any atom is 0.325 e. The van der Waals surface area contributed by atoms with E-state index in [4.69, 9.17) is 22.1 Å². The highest BCUT2D eigenvalue weighted by Crippen LogP contribution is 2.22. The summed E-state index contributed by atoms with van der Waals surface area (Å²) in [6.45, 7) is 0.769. The number of halogens is 2. The van der Waals surface area contributed by atoms with Gasteiger partial charge in [0.1, 0.15) is 5.82 Å². The van der Waals surface area contributed by atoms with E-state index in [0.29, 0.717) is 29.7 Å². The van der Waals surface area contributed by atoms with Gasteiger partial charge in [-0.1, -0.05) is 41.9 Å². The number of hydrogen-bond donors (Lipinski definition) is 3. The van der Waals surface area contributed by atoms with Gasteiger partial charge in [0, 0.05) is 11.1 Å². The fourth-order valence-corrected chi connectivity index (χ4v) is 3.26. The number of aromatic nitrogens is 1. The normalized spacial score (nSPS) is 11.8. The van der Waals surface area contributed by atoms with Crippen molar-refractivity contribution in [1.82, 2.24) is 4.98 Å². The highest BCUT2D eigenvalue weighted by atomic mass is 35.5. The van der Waals surface area contributed by atoms with Crippen molar-refractivity contribution < 1.29 is 13.9 Å². The second kappa shape index (κ2) is 9.61. The van der Waals surface area contributed by atoms with Gasteiger partial charge in [-0.3, -0.25) is 5.32 Å². The molecule has 4 N–H and O–H groups in total. The molecule has 0 aliphatic rings. The average Bonchev–Trinajstić information content (AvgIpc) is 3.14. The Kier molecular flexibility index (Phi) is 6.94. The Labute approximate surface area is 170 Å².